The Labute approximate surface area is 100 Å². The molecule has 1 unspecified atom stereocenters. The molecule has 0 aromatic carbocycles. The van der Waals surface area contributed by atoms with Gasteiger partial charge in [0.1, 0.15) is 0 Å². The van der Waals surface area contributed by atoms with Crippen molar-refractivity contribution in [2.75, 3.05) is 19.6 Å². The van der Waals surface area contributed by atoms with Crippen molar-refractivity contribution in [1.82, 2.24) is 15.2 Å². The highest BCUT2D eigenvalue weighted by Gasteiger charge is 2.24. The highest BCUT2D eigenvalue weighted by molar-refractivity contribution is 5.95. The monoisotopic (exact) mass is 235 g/mol. The number of ketones is 1. The molecule has 5 nitrogen and oxygen atoms in total. The highest BCUT2D eigenvalue weighted by atomic mass is 16.1. The van der Waals surface area contributed by atoms with Gasteiger partial charge in [-0.05, 0) is 18.6 Å². The average molecular weight is 235 g/mol. The molecule has 2 heterocycles. The number of hydrogen-bond donors (Lipinski definition) is 2. The van der Waals surface area contributed by atoms with Crippen LogP contribution in [0.15, 0.2) is 18.3 Å². The van der Waals surface area contributed by atoms with E-state index < -0.39 is 0 Å². The van der Waals surface area contributed by atoms with E-state index in [4.69, 9.17) is 0 Å². The van der Waals surface area contributed by atoms with Crippen molar-refractivity contribution in [2.45, 2.75) is 19.4 Å². The van der Waals surface area contributed by atoms with Crippen molar-refractivity contribution in [3.8, 4) is 0 Å². The van der Waals surface area contributed by atoms with Gasteiger partial charge in [0.15, 0.2) is 5.78 Å². The van der Waals surface area contributed by atoms with Gasteiger partial charge in [0.25, 0.3) is 0 Å². The third-order valence-corrected chi connectivity index (χ3v) is 2.95. The fraction of sp³-hybridized carbons (Fsp3) is 0.500. The van der Waals surface area contributed by atoms with Gasteiger partial charge in [-0.2, -0.15) is 0 Å². The van der Waals surface area contributed by atoms with Gasteiger partial charge in [0.2, 0.25) is 5.91 Å². The standard InChI is InChI=1S/C12H17N3O2/c1-9(16)14-10-4-6-15(7-10)8-12(17)11-3-2-5-13-11/h2-3,5,10,13H,4,6-8H2,1H3,(H,14,16). The number of Topliss-reactive ketones (excluding diaryl/α,β-unsaturated/α-hetero) is 1. The number of likely N-dealkylation sites (tertiary alicyclic amines) is 1. The van der Waals surface area contributed by atoms with Crippen molar-refractivity contribution in [3.05, 3.63) is 24.0 Å². The molecule has 1 aromatic heterocycles. The van der Waals surface area contributed by atoms with Crippen molar-refractivity contribution < 1.29 is 9.59 Å². The van der Waals surface area contributed by atoms with Crippen LogP contribution in [0, 0.1) is 0 Å². The summed E-state index contributed by atoms with van der Waals surface area (Å²) in [6, 6.07) is 3.78. The van der Waals surface area contributed by atoms with Crippen LogP contribution in [0.5, 0.6) is 0 Å². The lowest BCUT2D eigenvalue weighted by Gasteiger charge is -2.14. The molecule has 0 saturated carbocycles. The SMILES string of the molecule is CC(=O)NC1CCN(CC(=O)c2ccc[nH]2)C1. The van der Waals surface area contributed by atoms with Crippen LogP contribution in [-0.4, -0.2) is 47.3 Å². The molecule has 0 spiro atoms. The number of hydrogen-bond acceptors (Lipinski definition) is 3. The molecule has 1 amide bonds. The molecule has 1 aromatic rings. The summed E-state index contributed by atoms with van der Waals surface area (Å²) in [5, 5.41) is 2.88. The van der Waals surface area contributed by atoms with Crippen LogP contribution in [0.25, 0.3) is 0 Å². The summed E-state index contributed by atoms with van der Waals surface area (Å²) in [6.07, 6.45) is 2.66. The van der Waals surface area contributed by atoms with Crippen LogP contribution in [0.4, 0.5) is 0 Å². The summed E-state index contributed by atoms with van der Waals surface area (Å²) in [7, 11) is 0. The van der Waals surface area contributed by atoms with Gasteiger partial charge >= 0.3 is 0 Å². The Morgan fingerprint density at radius 2 is 2.41 bits per heavy atom. The predicted molar refractivity (Wildman–Crippen MR) is 63.8 cm³/mol. The summed E-state index contributed by atoms with van der Waals surface area (Å²) in [4.78, 5) is 27.7. The van der Waals surface area contributed by atoms with Crippen LogP contribution >= 0.6 is 0 Å². The number of amides is 1. The van der Waals surface area contributed by atoms with Gasteiger partial charge in [-0.15, -0.1) is 0 Å². The first-order valence-corrected chi connectivity index (χ1v) is 5.81. The maximum Gasteiger partial charge on any atom is 0.217 e. The normalized spacial score (nSPS) is 20.4. The number of nitrogens with zero attached hydrogens (tertiary/aromatic N) is 1. The fourth-order valence-corrected chi connectivity index (χ4v) is 2.17. The van der Waals surface area contributed by atoms with E-state index in [0.29, 0.717) is 12.2 Å². The first kappa shape index (κ1) is 11.9. The first-order chi connectivity index (χ1) is 8.15. The number of H-pyrrole nitrogens is 1. The molecule has 5 heteroatoms. The third-order valence-electron chi connectivity index (χ3n) is 2.95. The maximum absolute atomic E-state index is 11.8. The maximum atomic E-state index is 11.8. The van der Waals surface area contributed by atoms with Crippen LogP contribution in [0.2, 0.25) is 0 Å². The third kappa shape index (κ3) is 3.17. The zero-order chi connectivity index (χ0) is 12.3. The van der Waals surface area contributed by atoms with E-state index in [1.807, 2.05) is 6.07 Å². The van der Waals surface area contributed by atoms with Gasteiger partial charge < -0.3 is 10.3 Å². The number of carbonyl (C=O) groups excluding carboxylic acids is 2. The first-order valence-electron chi connectivity index (χ1n) is 5.81. The summed E-state index contributed by atoms with van der Waals surface area (Å²) in [5.41, 5.74) is 0.646. The van der Waals surface area contributed by atoms with Crippen molar-refractivity contribution in [3.63, 3.8) is 0 Å². The molecule has 1 atom stereocenters. The largest absolute Gasteiger partial charge is 0.359 e. The van der Waals surface area contributed by atoms with Crippen molar-refractivity contribution in [2.24, 2.45) is 0 Å². The molecule has 92 valence electrons. The fourth-order valence-electron chi connectivity index (χ4n) is 2.17. The molecule has 0 aliphatic carbocycles. The Balaban J connectivity index is 1.82. The molecule has 1 aliphatic rings. The second-order valence-corrected chi connectivity index (χ2v) is 4.43. The van der Waals surface area contributed by atoms with Crippen molar-refractivity contribution >= 4 is 11.7 Å². The zero-order valence-corrected chi connectivity index (χ0v) is 9.90. The Bertz CT molecular complexity index is 400. The minimum atomic E-state index is -0.00690. The number of aromatic nitrogens is 1. The molecule has 2 rings (SSSR count). The van der Waals surface area contributed by atoms with E-state index in [0.717, 1.165) is 19.5 Å². The van der Waals surface area contributed by atoms with Crippen LogP contribution in [-0.2, 0) is 4.79 Å². The topological polar surface area (TPSA) is 65.2 Å². The molecule has 1 fully saturated rings. The minimum absolute atomic E-state index is 0.00690. The molecule has 17 heavy (non-hydrogen) atoms. The Kier molecular flexibility index (Phi) is 3.58. The van der Waals surface area contributed by atoms with E-state index in [1.54, 1.807) is 12.3 Å². The van der Waals surface area contributed by atoms with Gasteiger partial charge in [-0.1, -0.05) is 0 Å². The van der Waals surface area contributed by atoms with E-state index in [-0.39, 0.29) is 17.7 Å². The number of carbonyl (C=O) groups is 2. The predicted octanol–water partition coefficient (Wildman–Crippen LogP) is 0.408. The second kappa shape index (κ2) is 5.14. The molecular weight excluding hydrogens is 218 g/mol. The van der Waals surface area contributed by atoms with Gasteiger partial charge in [-0.25, -0.2) is 0 Å². The summed E-state index contributed by atoms with van der Waals surface area (Å²) in [5.74, 6) is 0.0889. The average Bonchev–Trinajstić information content (AvgIpc) is 2.87. The van der Waals surface area contributed by atoms with E-state index in [2.05, 4.69) is 15.2 Å². The highest BCUT2D eigenvalue weighted by Crippen LogP contribution is 2.10. The van der Waals surface area contributed by atoms with Crippen molar-refractivity contribution in [1.29, 1.82) is 0 Å². The van der Waals surface area contributed by atoms with E-state index in [9.17, 15) is 9.59 Å². The lowest BCUT2D eigenvalue weighted by atomic mass is 10.2. The minimum Gasteiger partial charge on any atom is -0.359 e. The molecule has 0 radical (unpaired) electrons. The lowest BCUT2D eigenvalue weighted by molar-refractivity contribution is -0.119. The molecular formula is C12H17N3O2. The van der Waals surface area contributed by atoms with Gasteiger partial charge in [0.05, 0.1) is 12.2 Å². The number of rotatable bonds is 4. The molecule has 1 aliphatic heterocycles. The van der Waals surface area contributed by atoms with E-state index in [1.165, 1.54) is 6.92 Å². The quantitative estimate of drug-likeness (QED) is 0.743. The summed E-state index contributed by atoms with van der Waals surface area (Å²) in [6.45, 7) is 3.55. The Hall–Kier alpha value is -1.62. The molecule has 1 saturated heterocycles. The van der Waals surface area contributed by atoms with Crippen LogP contribution in [0.1, 0.15) is 23.8 Å². The van der Waals surface area contributed by atoms with E-state index >= 15 is 0 Å². The van der Waals surface area contributed by atoms with Gasteiger partial charge in [0, 0.05) is 32.3 Å². The van der Waals surface area contributed by atoms with Crippen LogP contribution in [0.3, 0.4) is 0 Å². The Morgan fingerprint density at radius 1 is 1.59 bits per heavy atom. The Morgan fingerprint density at radius 3 is 3.06 bits per heavy atom. The lowest BCUT2D eigenvalue weighted by Crippen LogP contribution is -2.36. The summed E-state index contributed by atoms with van der Waals surface area (Å²) >= 11 is 0. The smallest absolute Gasteiger partial charge is 0.217 e. The van der Waals surface area contributed by atoms with Crippen LogP contribution < -0.4 is 5.32 Å². The number of nitrogens with one attached hydrogen (secondary N) is 2. The summed E-state index contributed by atoms with van der Waals surface area (Å²) < 4.78 is 0. The zero-order valence-electron chi connectivity index (χ0n) is 9.90. The second-order valence-electron chi connectivity index (χ2n) is 4.43. The molecule has 2 N–H and O–H groups in total. The molecule has 0 bridgehead atoms. The van der Waals surface area contributed by atoms with Gasteiger partial charge in [-0.3, -0.25) is 14.5 Å². The number of aromatic amines is 1.